The van der Waals surface area contributed by atoms with Gasteiger partial charge in [-0.2, -0.15) is 0 Å². The monoisotopic (exact) mass is 256 g/mol. The number of benzene rings is 2. The van der Waals surface area contributed by atoms with E-state index in [-0.39, 0.29) is 5.82 Å². The summed E-state index contributed by atoms with van der Waals surface area (Å²) in [5.41, 5.74) is 1.95. The standard InChI is InChI=1S/C16H13FO2/c17-14-10-8-12(9-11-14)4-3-6-13-5-1-2-7-15(13)16(18)19/h1-5,7-11H,6H2,(H,18,19)/b4-3+. The Morgan fingerprint density at radius 1 is 1.11 bits per heavy atom. The molecule has 0 aliphatic rings. The molecule has 19 heavy (non-hydrogen) atoms. The zero-order valence-electron chi connectivity index (χ0n) is 10.2. The maximum Gasteiger partial charge on any atom is 0.335 e. The van der Waals surface area contributed by atoms with Crippen LogP contribution in [0.15, 0.2) is 54.6 Å². The Morgan fingerprint density at radius 2 is 1.79 bits per heavy atom. The second kappa shape index (κ2) is 5.96. The summed E-state index contributed by atoms with van der Waals surface area (Å²) in [6.45, 7) is 0. The van der Waals surface area contributed by atoms with Gasteiger partial charge >= 0.3 is 5.97 Å². The molecule has 0 saturated heterocycles. The first kappa shape index (κ1) is 13.0. The van der Waals surface area contributed by atoms with Crippen LogP contribution in [0.1, 0.15) is 21.5 Å². The van der Waals surface area contributed by atoms with Crippen LogP contribution in [0.3, 0.4) is 0 Å². The van der Waals surface area contributed by atoms with Crippen LogP contribution < -0.4 is 0 Å². The zero-order valence-corrected chi connectivity index (χ0v) is 10.2. The number of carboxylic acids is 1. The van der Waals surface area contributed by atoms with E-state index >= 15 is 0 Å². The van der Waals surface area contributed by atoms with Crippen LogP contribution in [0.4, 0.5) is 4.39 Å². The molecule has 0 aliphatic heterocycles. The topological polar surface area (TPSA) is 37.3 Å². The van der Waals surface area contributed by atoms with Crippen molar-refractivity contribution in [2.75, 3.05) is 0 Å². The number of rotatable bonds is 4. The van der Waals surface area contributed by atoms with Gasteiger partial charge in [0.2, 0.25) is 0 Å². The third-order valence-corrected chi connectivity index (χ3v) is 2.77. The fourth-order valence-electron chi connectivity index (χ4n) is 1.80. The summed E-state index contributed by atoms with van der Waals surface area (Å²) in [4.78, 5) is 11.0. The van der Waals surface area contributed by atoms with Gasteiger partial charge in [0.05, 0.1) is 5.56 Å². The molecular weight excluding hydrogens is 243 g/mol. The summed E-state index contributed by atoms with van der Waals surface area (Å²) in [6, 6.07) is 13.0. The van der Waals surface area contributed by atoms with Crippen LogP contribution in [-0.4, -0.2) is 11.1 Å². The van der Waals surface area contributed by atoms with E-state index in [0.29, 0.717) is 12.0 Å². The Morgan fingerprint density at radius 3 is 2.47 bits per heavy atom. The lowest BCUT2D eigenvalue weighted by Gasteiger charge is -2.02. The number of halogens is 1. The molecule has 0 atom stereocenters. The molecule has 0 amide bonds. The molecule has 2 aromatic rings. The van der Waals surface area contributed by atoms with Gasteiger partial charge in [-0.25, -0.2) is 9.18 Å². The van der Waals surface area contributed by atoms with Gasteiger partial charge in [0.1, 0.15) is 5.82 Å². The van der Waals surface area contributed by atoms with E-state index in [4.69, 9.17) is 5.11 Å². The maximum atomic E-state index is 12.7. The van der Waals surface area contributed by atoms with Crippen molar-refractivity contribution in [3.05, 3.63) is 77.1 Å². The highest BCUT2D eigenvalue weighted by atomic mass is 19.1. The minimum atomic E-state index is -0.925. The van der Waals surface area contributed by atoms with Crippen LogP contribution >= 0.6 is 0 Å². The highest BCUT2D eigenvalue weighted by Crippen LogP contribution is 2.11. The number of allylic oxidation sites excluding steroid dienone is 1. The SMILES string of the molecule is O=C(O)c1ccccc1C/C=C/c1ccc(F)cc1. The van der Waals surface area contributed by atoms with E-state index < -0.39 is 5.97 Å². The molecule has 2 nitrogen and oxygen atoms in total. The molecule has 1 N–H and O–H groups in total. The summed E-state index contributed by atoms with van der Waals surface area (Å²) in [6.07, 6.45) is 4.24. The molecule has 0 spiro atoms. The zero-order chi connectivity index (χ0) is 13.7. The number of carbonyl (C=O) groups is 1. The first-order valence-corrected chi connectivity index (χ1v) is 5.90. The summed E-state index contributed by atoms with van der Waals surface area (Å²) in [5, 5.41) is 9.05. The van der Waals surface area contributed by atoms with Gasteiger partial charge in [-0.15, -0.1) is 0 Å². The van der Waals surface area contributed by atoms with Crippen LogP contribution in [0.5, 0.6) is 0 Å². The third kappa shape index (κ3) is 3.52. The average Bonchev–Trinajstić information content (AvgIpc) is 2.41. The number of hydrogen-bond acceptors (Lipinski definition) is 1. The van der Waals surface area contributed by atoms with E-state index in [0.717, 1.165) is 11.1 Å². The van der Waals surface area contributed by atoms with E-state index in [2.05, 4.69) is 0 Å². The predicted octanol–water partition coefficient (Wildman–Crippen LogP) is 3.78. The van der Waals surface area contributed by atoms with Crippen molar-refractivity contribution in [2.45, 2.75) is 6.42 Å². The summed E-state index contributed by atoms with van der Waals surface area (Å²) < 4.78 is 12.7. The van der Waals surface area contributed by atoms with E-state index in [9.17, 15) is 9.18 Å². The molecule has 0 heterocycles. The fraction of sp³-hybridized carbons (Fsp3) is 0.0625. The van der Waals surface area contributed by atoms with Crippen molar-refractivity contribution in [3.8, 4) is 0 Å². The molecule has 2 rings (SSSR count). The lowest BCUT2D eigenvalue weighted by Crippen LogP contribution is -2.01. The molecule has 0 saturated carbocycles. The second-order valence-electron chi connectivity index (χ2n) is 4.12. The summed E-state index contributed by atoms with van der Waals surface area (Å²) >= 11 is 0. The smallest absolute Gasteiger partial charge is 0.335 e. The molecule has 0 bridgehead atoms. The van der Waals surface area contributed by atoms with Crippen molar-refractivity contribution < 1.29 is 14.3 Å². The number of carboxylic acid groups (broad SMARTS) is 1. The molecule has 0 unspecified atom stereocenters. The Bertz CT molecular complexity index is 600. The van der Waals surface area contributed by atoms with Gasteiger partial charge in [-0.1, -0.05) is 42.5 Å². The Labute approximate surface area is 110 Å². The normalized spacial score (nSPS) is 10.8. The van der Waals surface area contributed by atoms with Gasteiger partial charge < -0.3 is 5.11 Å². The molecule has 3 heteroatoms. The number of hydrogen-bond donors (Lipinski definition) is 1. The minimum Gasteiger partial charge on any atom is -0.478 e. The van der Waals surface area contributed by atoms with Gasteiger partial charge in [-0.3, -0.25) is 0 Å². The molecular formula is C16H13FO2. The average molecular weight is 256 g/mol. The largest absolute Gasteiger partial charge is 0.478 e. The van der Waals surface area contributed by atoms with Crippen LogP contribution in [0, 0.1) is 5.82 Å². The first-order valence-electron chi connectivity index (χ1n) is 5.90. The Kier molecular flexibility index (Phi) is 4.08. The van der Waals surface area contributed by atoms with Gasteiger partial charge in [-0.05, 0) is 35.7 Å². The van der Waals surface area contributed by atoms with Crippen molar-refractivity contribution >= 4 is 12.0 Å². The minimum absolute atomic E-state index is 0.270. The van der Waals surface area contributed by atoms with E-state index in [1.807, 2.05) is 18.2 Å². The van der Waals surface area contributed by atoms with Crippen LogP contribution in [0.25, 0.3) is 6.08 Å². The van der Waals surface area contributed by atoms with Crippen LogP contribution in [0.2, 0.25) is 0 Å². The van der Waals surface area contributed by atoms with Crippen molar-refractivity contribution in [1.82, 2.24) is 0 Å². The van der Waals surface area contributed by atoms with Gasteiger partial charge in [0.25, 0.3) is 0 Å². The van der Waals surface area contributed by atoms with Gasteiger partial charge in [0.15, 0.2) is 0 Å². The molecule has 0 fully saturated rings. The van der Waals surface area contributed by atoms with E-state index in [1.54, 1.807) is 30.3 Å². The lowest BCUT2D eigenvalue weighted by molar-refractivity contribution is 0.0696. The quantitative estimate of drug-likeness (QED) is 0.903. The van der Waals surface area contributed by atoms with Crippen molar-refractivity contribution in [3.63, 3.8) is 0 Å². The highest BCUT2D eigenvalue weighted by molar-refractivity contribution is 5.89. The Hall–Kier alpha value is -2.42. The molecule has 0 aromatic heterocycles. The first-order chi connectivity index (χ1) is 9.16. The van der Waals surface area contributed by atoms with Crippen LogP contribution in [-0.2, 0) is 6.42 Å². The molecule has 0 aliphatic carbocycles. The van der Waals surface area contributed by atoms with Crippen molar-refractivity contribution in [2.24, 2.45) is 0 Å². The van der Waals surface area contributed by atoms with Gasteiger partial charge in [0, 0.05) is 0 Å². The number of aromatic carboxylic acids is 1. The molecule has 2 aromatic carbocycles. The molecule has 0 radical (unpaired) electrons. The third-order valence-electron chi connectivity index (χ3n) is 2.77. The fourth-order valence-corrected chi connectivity index (χ4v) is 1.80. The lowest BCUT2D eigenvalue weighted by atomic mass is 10.0. The Balaban J connectivity index is 2.10. The summed E-state index contributed by atoms with van der Waals surface area (Å²) in [7, 11) is 0. The highest BCUT2D eigenvalue weighted by Gasteiger charge is 2.06. The predicted molar refractivity (Wildman–Crippen MR) is 72.5 cm³/mol. The second-order valence-corrected chi connectivity index (χ2v) is 4.12. The molecule has 96 valence electrons. The maximum absolute atomic E-state index is 12.7. The van der Waals surface area contributed by atoms with E-state index in [1.165, 1.54) is 12.1 Å². The summed E-state index contributed by atoms with van der Waals surface area (Å²) in [5.74, 6) is -1.20. The van der Waals surface area contributed by atoms with Crippen molar-refractivity contribution in [1.29, 1.82) is 0 Å².